The molecule has 1 heterocycles. The molecule has 2 aromatic carbocycles. The molecule has 0 fully saturated rings. The van der Waals surface area contributed by atoms with Crippen LogP contribution in [0.4, 0.5) is 17.3 Å². The fourth-order valence-corrected chi connectivity index (χ4v) is 2.04. The number of hydrogen-bond donors (Lipinski definition) is 1. The van der Waals surface area contributed by atoms with Crippen molar-refractivity contribution in [2.45, 2.75) is 0 Å². The van der Waals surface area contributed by atoms with Gasteiger partial charge in [0.1, 0.15) is 0 Å². The molecule has 0 saturated heterocycles. The summed E-state index contributed by atoms with van der Waals surface area (Å²) in [6, 6.07) is 18.3. The third kappa shape index (κ3) is 4.83. The van der Waals surface area contributed by atoms with Crippen LogP contribution in [0.3, 0.4) is 0 Å². The molecule has 0 atom stereocenters. The van der Waals surface area contributed by atoms with Crippen molar-refractivity contribution in [2.24, 2.45) is 0 Å². The highest BCUT2D eigenvalue weighted by Gasteiger charge is 2.20. The van der Waals surface area contributed by atoms with E-state index in [9.17, 15) is 17.3 Å². The summed E-state index contributed by atoms with van der Waals surface area (Å²) in [6.45, 7) is 0. The zero-order valence-corrected chi connectivity index (χ0v) is 11.4. The number of aromatic nitrogens is 1. The minimum absolute atomic E-state index is 0. The lowest BCUT2D eigenvalue weighted by Crippen LogP contribution is -2.02. The first-order valence-electron chi connectivity index (χ1n) is 6.04. The smallest absolute Gasteiger partial charge is 0.418 e. The van der Waals surface area contributed by atoms with E-state index in [1.165, 1.54) is 10.9 Å². The molecule has 1 aromatic heterocycles. The summed E-state index contributed by atoms with van der Waals surface area (Å²) in [6.07, 6.45) is 0. The third-order valence-electron chi connectivity index (χ3n) is 2.67. The Morgan fingerprint density at radius 3 is 2.14 bits per heavy atom. The van der Waals surface area contributed by atoms with Crippen LogP contribution in [0.5, 0.6) is 0 Å². The molecule has 3 aromatic rings. The summed E-state index contributed by atoms with van der Waals surface area (Å²) >= 11 is 5.95. The lowest BCUT2D eigenvalue weighted by Gasteiger charge is -1.95. The summed E-state index contributed by atoms with van der Waals surface area (Å²) in [5, 5.41) is 1.94. The van der Waals surface area contributed by atoms with Gasteiger partial charge in [0.05, 0.1) is 0 Å². The number of rotatable bonds is 1. The summed E-state index contributed by atoms with van der Waals surface area (Å²) in [4.78, 5) is 3.37. The van der Waals surface area contributed by atoms with E-state index in [4.69, 9.17) is 11.6 Å². The average molecular weight is 316 g/mol. The van der Waals surface area contributed by atoms with Crippen LogP contribution in [-0.2, 0) is 0 Å². The predicted molar refractivity (Wildman–Crippen MR) is 80.0 cm³/mol. The van der Waals surface area contributed by atoms with Crippen LogP contribution < -0.4 is 0 Å². The normalized spacial score (nSPS) is 11.1. The van der Waals surface area contributed by atoms with Crippen LogP contribution in [0.1, 0.15) is 1.43 Å². The van der Waals surface area contributed by atoms with Crippen molar-refractivity contribution in [1.29, 1.82) is 0 Å². The molecule has 0 saturated carbocycles. The van der Waals surface area contributed by atoms with E-state index < -0.39 is 7.25 Å². The molecular weight excluding hydrogens is 304 g/mol. The van der Waals surface area contributed by atoms with Crippen molar-refractivity contribution >= 4 is 29.8 Å². The monoisotopic (exact) mass is 315 g/mol. The molecule has 110 valence electrons. The van der Waals surface area contributed by atoms with Gasteiger partial charge < -0.3 is 22.2 Å². The zero-order valence-electron chi connectivity index (χ0n) is 11.7. The van der Waals surface area contributed by atoms with Crippen molar-refractivity contribution in [3.05, 3.63) is 59.6 Å². The first kappa shape index (κ1) is 15.4. The van der Waals surface area contributed by atoms with E-state index in [-0.39, 0.29) is 1.43 Å². The van der Waals surface area contributed by atoms with Crippen LogP contribution in [0.2, 0.25) is 5.02 Å². The number of fused-ring (bicyclic) bond motifs is 1. The average Bonchev–Trinajstić information content (AvgIpc) is 2.81. The van der Waals surface area contributed by atoms with E-state index in [1.807, 2.05) is 36.4 Å². The second kappa shape index (κ2) is 6.22. The van der Waals surface area contributed by atoms with Gasteiger partial charge in [-0.1, -0.05) is 48.0 Å². The van der Waals surface area contributed by atoms with Gasteiger partial charge in [0.2, 0.25) is 0 Å². The highest BCUT2D eigenvalue weighted by atomic mass is 35.5. The maximum atomic E-state index is 9.75. The molecule has 0 amide bonds. The third-order valence-corrected chi connectivity index (χ3v) is 2.90. The Bertz CT molecular complexity index is 725. The molecule has 0 unspecified atom stereocenters. The number of halogens is 5. The standard InChI is InChI=1S/C14H10ClN.BF4/c15-12-7-6-11-8-13(16-14(11)9-12)10-4-2-1-3-5-10;2-1(3,4)5/h1-9,16H;/q;-1/p+1. The van der Waals surface area contributed by atoms with E-state index in [1.54, 1.807) is 0 Å². The number of nitrogens with one attached hydrogen (secondary N) is 1. The zero-order chi connectivity index (χ0) is 15.5. The van der Waals surface area contributed by atoms with Crippen molar-refractivity contribution < 1.29 is 18.7 Å². The van der Waals surface area contributed by atoms with E-state index in [2.05, 4.69) is 23.2 Å². The Morgan fingerprint density at radius 2 is 1.52 bits per heavy atom. The Balaban J connectivity index is 0.000000356. The Labute approximate surface area is 125 Å². The molecule has 0 aliphatic heterocycles. The van der Waals surface area contributed by atoms with Gasteiger partial charge in [-0.25, -0.2) is 0 Å². The van der Waals surface area contributed by atoms with Crippen LogP contribution in [0.15, 0.2) is 54.6 Å². The summed E-state index contributed by atoms with van der Waals surface area (Å²) in [5.41, 5.74) is 3.39. The quantitative estimate of drug-likeness (QED) is 0.425. The first-order valence-corrected chi connectivity index (χ1v) is 6.42. The van der Waals surface area contributed by atoms with Gasteiger partial charge in [-0.15, -0.1) is 0 Å². The van der Waals surface area contributed by atoms with Crippen molar-refractivity contribution in [1.82, 2.24) is 4.98 Å². The minimum Gasteiger partial charge on any atom is -0.418 e. The van der Waals surface area contributed by atoms with Crippen LogP contribution >= 0.6 is 11.6 Å². The molecule has 0 aliphatic rings. The molecule has 0 radical (unpaired) electrons. The maximum Gasteiger partial charge on any atom is 1.00 e. The lowest BCUT2D eigenvalue weighted by atomic mass is 10.1. The Kier molecular flexibility index (Phi) is 4.58. The highest BCUT2D eigenvalue weighted by Crippen LogP contribution is 2.25. The van der Waals surface area contributed by atoms with Gasteiger partial charge in [-0.3, -0.25) is 0 Å². The molecule has 0 bridgehead atoms. The van der Waals surface area contributed by atoms with Gasteiger partial charge in [-0.05, 0) is 23.8 Å². The number of aromatic amines is 1. The SMILES string of the molecule is Clc1ccc2cc(-c3ccccc3)[nH]c2c1.F[B-](F)(F)F.[H+]. The fourth-order valence-electron chi connectivity index (χ4n) is 1.87. The maximum absolute atomic E-state index is 9.75. The molecule has 1 N–H and O–H groups in total. The predicted octanol–water partition coefficient (Wildman–Crippen LogP) is 5.90. The second-order valence-electron chi connectivity index (χ2n) is 4.28. The van der Waals surface area contributed by atoms with E-state index in [0.717, 1.165) is 16.2 Å². The summed E-state index contributed by atoms with van der Waals surface area (Å²) < 4.78 is 39.0. The Morgan fingerprint density at radius 1 is 0.905 bits per heavy atom. The van der Waals surface area contributed by atoms with Gasteiger partial charge in [0.25, 0.3) is 0 Å². The van der Waals surface area contributed by atoms with Crippen LogP contribution in [-0.4, -0.2) is 12.2 Å². The molecule has 0 aliphatic carbocycles. The highest BCUT2D eigenvalue weighted by molar-refractivity contribution is 6.50. The molecule has 1 nitrogen and oxygen atoms in total. The summed E-state index contributed by atoms with van der Waals surface area (Å²) in [5.74, 6) is 0. The van der Waals surface area contributed by atoms with Gasteiger partial charge in [0, 0.05) is 21.6 Å². The van der Waals surface area contributed by atoms with Gasteiger partial charge >= 0.3 is 8.68 Å². The molecule has 21 heavy (non-hydrogen) atoms. The van der Waals surface area contributed by atoms with Crippen molar-refractivity contribution in [3.8, 4) is 11.3 Å². The van der Waals surface area contributed by atoms with E-state index in [0.29, 0.717) is 0 Å². The van der Waals surface area contributed by atoms with Crippen molar-refractivity contribution in [3.63, 3.8) is 0 Å². The van der Waals surface area contributed by atoms with Gasteiger partial charge in [0.15, 0.2) is 0 Å². The lowest BCUT2D eigenvalue weighted by molar-refractivity contribution is 0.368. The van der Waals surface area contributed by atoms with E-state index >= 15 is 0 Å². The number of hydrogen-bond acceptors (Lipinski definition) is 0. The first-order chi connectivity index (χ1) is 9.83. The molecule has 0 spiro atoms. The minimum atomic E-state index is -6.00. The largest absolute Gasteiger partial charge is 1.00 e. The topological polar surface area (TPSA) is 15.8 Å². The van der Waals surface area contributed by atoms with Crippen LogP contribution in [0, 0.1) is 0 Å². The second-order valence-corrected chi connectivity index (χ2v) is 4.71. The molecule has 3 rings (SSSR count). The summed E-state index contributed by atoms with van der Waals surface area (Å²) in [7, 11) is -6.00. The van der Waals surface area contributed by atoms with Crippen molar-refractivity contribution in [2.75, 3.05) is 0 Å². The molecular formula is C14H11BClF4N. The number of benzene rings is 2. The van der Waals surface area contributed by atoms with Gasteiger partial charge in [-0.2, -0.15) is 0 Å². The molecule has 7 heteroatoms. The fraction of sp³-hybridized carbons (Fsp3) is 0. The Hall–Kier alpha value is -1.95. The number of H-pyrrole nitrogens is 1. The van der Waals surface area contributed by atoms with Crippen LogP contribution in [0.25, 0.3) is 22.2 Å².